The Bertz CT molecular complexity index is 889. The molecule has 1 aliphatic heterocycles. The third-order valence-electron chi connectivity index (χ3n) is 4.75. The highest BCUT2D eigenvalue weighted by molar-refractivity contribution is 6.31. The van der Waals surface area contributed by atoms with Gasteiger partial charge in [0.1, 0.15) is 0 Å². The molecule has 0 unspecified atom stereocenters. The highest BCUT2D eigenvalue weighted by atomic mass is 35.5. The Morgan fingerprint density at radius 3 is 2.27 bits per heavy atom. The van der Waals surface area contributed by atoms with E-state index in [-0.39, 0.29) is 12.0 Å². The number of ether oxygens (including phenoxy) is 3. The number of benzene rings is 1. The largest absolute Gasteiger partial charge is 0.466 e. The molecule has 0 bridgehead atoms. The lowest BCUT2D eigenvalue weighted by atomic mass is 9.81. The van der Waals surface area contributed by atoms with Crippen molar-refractivity contribution in [2.75, 3.05) is 13.9 Å². The summed E-state index contributed by atoms with van der Waals surface area (Å²) in [5.41, 5.74) is 2.47. The van der Waals surface area contributed by atoms with Crippen LogP contribution in [0.4, 0.5) is 0 Å². The fraction of sp³-hybridized carbons (Fsp3) is 0.409. The molecule has 0 aromatic heterocycles. The molecule has 0 aliphatic carbocycles. The second kappa shape index (κ2) is 10.8. The molecule has 0 saturated heterocycles. The molecule has 0 radical (unpaired) electrons. The van der Waals surface area contributed by atoms with Crippen LogP contribution in [-0.4, -0.2) is 31.8 Å². The third-order valence-corrected chi connectivity index (χ3v) is 5.12. The Kier molecular flexibility index (Phi) is 8.47. The lowest BCUT2D eigenvalue weighted by molar-refractivity contribution is -0.164. The number of nitrogens with one attached hydrogen (secondary N) is 1. The molecule has 1 aromatic rings. The van der Waals surface area contributed by atoms with Gasteiger partial charge in [-0.2, -0.15) is 0 Å². The van der Waals surface area contributed by atoms with Crippen molar-refractivity contribution < 1.29 is 28.6 Å². The molecule has 162 valence electrons. The molecule has 7 nitrogen and oxygen atoms in total. The van der Waals surface area contributed by atoms with E-state index in [0.29, 0.717) is 34.8 Å². The molecule has 1 heterocycles. The van der Waals surface area contributed by atoms with E-state index in [9.17, 15) is 14.4 Å². The Labute approximate surface area is 181 Å². The maximum absolute atomic E-state index is 12.9. The zero-order valence-electron chi connectivity index (χ0n) is 17.5. The lowest BCUT2D eigenvalue weighted by Gasteiger charge is -2.30. The van der Waals surface area contributed by atoms with Crippen molar-refractivity contribution in [2.24, 2.45) is 5.92 Å². The van der Waals surface area contributed by atoms with Crippen LogP contribution in [0, 0.1) is 5.92 Å². The Morgan fingerprint density at radius 1 is 1.03 bits per heavy atom. The topological polar surface area (TPSA) is 90.9 Å². The van der Waals surface area contributed by atoms with Crippen molar-refractivity contribution in [2.45, 2.75) is 40.0 Å². The van der Waals surface area contributed by atoms with Gasteiger partial charge in [0, 0.05) is 28.8 Å². The standard InChI is InChI=1S/C22H26ClNO6/c1-5-8-18(25)29-12-30-22(27)20-14(3)24-13(2)19(21(26)28-4)16(20)11-15-9-6-7-10-17(15)23/h6-7,9-10,16,24H,5,8,11-12H2,1-4H3/t16-/m0/s1. The molecule has 30 heavy (non-hydrogen) atoms. The molecule has 0 fully saturated rings. The van der Waals surface area contributed by atoms with Crippen LogP contribution in [0.15, 0.2) is 46.8 Å². The van der Waals surface area contributed by atoms with Crippen molar-refractivity contribution >= 4 is 29.5 Å². The van der Waals surface area contributed by atoms with E-state index in [0.717, 1.165) is 5.56 Å². The zero-order chi connectivity index (χ0) is 22.3. The number of carbonyl (C=O) groups is 3. The van der Waals surface area contributed by atoms with Gasteiger partial charge in [0.15, 0.2) is 0 Å². The van der Waals surface area contributed by atoms with E-state index in [1.165, 1.54) is 7.11 Å². The summed E-state index contributed by atoms with van der Waals surface area (Å²) in [6.45, 7) is 4.81. The van der Waals surface area contributed by atoms with Gasteiger partial charge >= 0.3 is 17.9 Å². The number of methoxy groups -OCH3 is 1. The molecular formula is C22H26ClNO6. The van der Waals surface area contributed by atoms with Gasteiger partial charge in [-0.1, -0.05) is 36.7 Å². The van der Waals surface area contributed by atoms with E-state index in [4.69, 9.17) is 25.8 Å². The predicted octanol–water partition coefficient (Wildman–Crippen LogP) is 3.67. The summed E-state index contributed by atoms with van der Waals surface area (Å²) in [5.74, 6) is -2.33. The second-order valence-electron chi connectivity index (χ2n) is 6.86. The predicted molar refractivity (Wildman–Crippen MR) is 111 cm³/mol. The average Bonchev–Trinajstić information content (AvgIpc) is 2.69. The Morgan fingerprint density at radius 2 is 1.67 bits per heavy atom. The van der Waals surface area contributed by atoms with Crippen molar-refractivity contribution in [3.05, 3.63) is 57.4 Å². The summed E-state index contributed by atoms with van der Waals surface area (Å²) < 4.78 is 15.0. The van der Waals surface area contributed by atoms with Gasteiger partial charge in [0.25, 0.3) is 0 Å². The fourth-order valence-electron chi connectivity index (χ4n) is 3.37. The molecule has 1 N–H and O–H groups in total. The van der Waals surface area contributed by atoms with Crippen LogP contribution in [0.3, 0.4) is 0 Å². The fourth-order valence-corrected chi connectivity index (χ4v) is 3.59. The van der Waals surface area contributed by atoms with E-state index in [1.54, 1.807) is 26.0 Å². The molecule has 0 spiro atoms. The average molecular weight is 436 g/mol. The molecule has 8 heteroatoms. The van der Waals surface area contributed by atoms with Crippen LogP contribution in [0.25, 0.3) is 0 Å². The van der Waals surface area contributed by atoms with E-state index < -0.39 is 30.6 Å². The molecule has 2 rings (SSSR count). The van der Waals surface area contributed by atoms with Gasteiger partial charge in [-0.25, -0.2) is 9.59 Å². The number of hydrogen-bond donors (Lipinski definition) is 1. The first-order valence-corrected chi connectivity index (χ1v) is 10.0. The summed E-state index contributed by atoms with van der Waals surface area (Å²) in [7, 11) is 1.28. The second-order valence-corrected chi connectivity index (χ2v) is 7.27. The van der Waals surface area contributed by atoms with E-state index in [1.807, 2.05) is 19.1 Å². The summed E-state index contributed by atoms with van der Waals surface area (Å²) in [6, 6.07) is 7.21. The molecule has 1 aromatic carbocycles. The van der Waals surface area contributed by atoms with Gasteiger partial charge in [-0.05, 0) is 38.3 Å². The summed E-state index contributed by atoms with van der Waals surface area (Å²) >= 11 is 6.32. The number of esters is 3. The number of hydrogen-bond acceptors (Lipinski definition) is 7. The minimum atomic E-state index is -0.685. The first-order chi connectivity index (χ1) is 14.3. The summed E-state index contributed by atoms with van der Waals surface area (Å²) in [6.07, 6.45) is 1.17. The minimum absolute atomic E-state index is 0.240. The number of carbonyl (C=O) groups excluding carboxylic acids is 3. The summed E-state index contributed by atoms with van der Waals surface area (Å²) in [5, 5.41) is 3.57. The number of dihydropyridines is 1. The van der Waals surface area contributed by atoms with Crippen LogP contribution in [0.5, 0.6) is 0 Å². The van der Waals surface area contributed by atoms with Gasteiger partial charge in [0.05, 0.1) is 18.3 Å². The SMILES string of the molecule is CCCC(=O)OCOC(=O)C1=C(C)NC(C)=C(C(=O)OC)[C@@H]1Cc1ccccc1Cl. The molecule has 1 atom stereocenters. The molecule has 1 aliphatic rings. The number of rotatable bonds is 8. The van der Waals surface area contributed by atoms with Crippen molar-refractivity contribution in [3.8, 4) is 0 Å². The van der Waals surface area contributed by atoms with Gasteiger partial charge < -0.3 is 19.5 Å². The monoisotopic (exact) mass is 435 g/mol. The third kappa shape index (κ3) is 5.63. The zero-order valence-corrected chi connectivity index (χ0v) is 18.3. The number of halogens is 1. The first-order valence-electron chi connectivity index (χ1n) is 9.63. The number of allylic oxidation sites excluding steroid dienone is 2. The van der Waals surface area contributed by atoms with Gasteiger partial charge in [0.2, 0.25) is 6.79 Å². The summed E-state index contributed by atoms with van der Waals surface area (Å²) in [4.78, 5) is 36.9. The van der Waals surface area contributed by atoms with Crippen molar-refractivity contribution in [3.63, 3.8) is 0 Å². The smallest absolute Gasteiger partial charge is 0.339 e. The van der Waals surface area contributed by atoms with Gasteiger partial charge in [-0.15, -0.1) is 0 Å². The van der Waals surface area contributed by atoms with Crippen LogP contribution in [0.1, 0.15) is 39.2 Å². The highest BCUT2D eigenvalue weighted by Crippen LogP contribution is 2.35. The first kappa shape index (κ1) is 23.5. The lowest BCUT2D eigenvalue weighted by Crippen LogP contribution is -2.34. The van der Waals surface area contributed by atoms with Crippen LogP contribution < -0.4 is 5.32 Å². The Hall–Kier alpha value is -2.80. The normalized spacial score (nSPS) is 16.1. The maximum Gasteiger partial charge on any atom is 0.339 e. The minimum Gasteiger partial charge on any atom is -0.466 e. The molecule has 0 amide bonds. The highest BCUT2D eigenvalue weighted by Gasteiger charge is 2.37. The van der Waals surface area contributed by atoms with Crippen molar-refractivity contribution in [1.29, 1.82) is 0 Å². The molecule has 0 saturated carbocycles. The van der Waals surface area contributed by atoms with E-state index >= 15 is 0 Å². The van der Waals surface area contributed by atoms with Crippen molar-refractivity contribution in [1.82, 2.24) is 5.32 Å². The quantitative estimate of drug-likeness (QED) is 0.492. The van der Waals surface area contributed by atoms with E-state index in [2.05, 4.69) is 5.32 Å². The molecular weight excluding hydrogens is 410 g/mol. The Balaban J connectivity index is 2.33. The van der Waals surface area contributed by atoms with Crippen LogP contribution in [-0.2, 0) is 35.0 Å². The van der Waals surface area contributed by atoms with Crippen LogP contribution in [0.2, 0.25) is 5.02 Å². The maximum atomic E-state index is 12.9. The van der Waals surface area contributed by atoms with Gasteiger partial charge in [-0.3, -0.25) is 4.79 Å². The van der Waals surface area contributed by atoms with Crippen LogP contribution >= 0.6 is 11.6 Å².